The Hall–Kier alpha value is -4.44. The van der Waals surface area contributed by atoms with Crippen LogP contribution in [0.5, 0.6) is 0 Å². The van der Waals surface area contributed by atoms with Gasteiger partial charge in [0.05, 0.1) is 11.8 Å². The molecular weight excluding hydrogens is 426 g/mol. The van der Waals surface area contributed by atoms with Gasteiger partial charge in [-0.25, -0.2) is 19.6 Å². The van der Waals surface area contributed by atoms with Crippen LogP contribution < -0.4 is 16.4 Å². The normalized spacial score (nSPS) is 10.8. The number of azo groups is 1. The Morgan fingerprint density at radius 1 is 1.30 bits per heavy atom. The van der Waals surface area contributed by atoms with Gasteiger partial charge in [0.1, 0.15) is 23.1 Å². The monoisotopic (exact) mass is 449 g/mol. The summed E-state index contributed by atoms with van der Waals surface area (Å²) in [6, 6.07) is 3.69. The highest BCUT2D eigenvalue weighted by atomic mass is 16.5. The third kappa shape index (κ3) is 5.25. The number of pyridine rings is 1. The molecule has 0 aliphatic carbocycles. The number of primary amides is 1. The van der Waals surface area contributed by atoms with E-state index in [2.05, 4.69) is 40.9 Å². The van der Waals surface area contributed by atoms with Crippen LogP contribution >= 0.6 is 0 Å². The van der Waals surface area contributed by atoms with Crippen molar-refractivity contribution in [2.45, 2.75) is 13.3 Å². The molecule has 0 fully saturated rings. The van der Waals surface area contributed by atoms with E-state index < -0.39 is 5.91 Å². The highest BCUT2D eigenvalue weighted by Crippen LogP contribution is 2.35. The number of nitriles is 1. The SMILES string of the molecule is CNc1nc(NCCCOC)c(/N=N/c2nn(-c3ncccn3)cc2C#N)c(C)c1C(N)=O. The van der Waals surface area contributed by atoms with E-state index in [1.807, 2.05) is 6.07 Å². The highest BCUT2D eigenvalue weighted by molar-refractivity contribution is 6.01. The maximum Gasteiger partial charge on any atom is 0.252 e. The van der Waals surface area contributed by atoms with E-state index in [4.69, 9.17) is 10.5 Å². The summed E-state index contributed by atoms with van der Waals surface area (Å²) in [6.45, 7) is 2.80. The molecule has 3 heterocycles. The first kappa shape index (κ1) is 23.2. The number of nitrogens with one attached hydrogen (secondary N) is 2. The van der Waals surface area contributed by atoms with Crippen LogP contribution in [-0.2, 0) is 4.74 Å². The zero-order chi connectivity index (χ0) is 23.8. The van der Waals surface area contributed by atoms with Crippen LogP contribution in [-0.4, -0.2) is 57.9 Å². The molecule has 3 rings (SSSR count). The lowest BCUT2D eigenvalue weighted by molar-refractivity contribution is 0.1000. The van der Waals surface area contributed by atoms with Crippen molar-refractivity contribution < 1.29 is 9.53 Å². The van der Waals surface area contributed by atoms with Gasteiger partial charge in [-0.2, -0.15) is 5.26 Å². The number of carbonyl (C=O) groups is 1. The standard InChI is InChI=1S/C20H23N11O2/c1-12-14(16(22)32)18(23-2)27-19(24-8-5-9-33-3)15(12)28-29-17-13(10-21)11-31(30-17)20-25-6-4-7-26-20/h4,6-7,11H,5,8-9H2,1-3H3,(H2,22,32)(H2,23,24,27)/b29-28+. The molecule has 0 saturated heterocycles. The topological polar surface area (TPSA) is 181 Å². The van der Waals surface area contributed by atoms with Crippen molar-refractivity contribution in [3.63, 3.8) is 0 Å². The molecule has 0 aliphatic heterocycles. The molecule has 0 atom stereocenters. The lowest BCUT2D eigenvalue weighted by Crippen LogP contribution is -2.18. The van der Waals surface area contributed by atoms with Crippen LogP contribution in [0.3, 0.4) is 0 Å². The van der Waals surface area contributed by atoms with Crippen molar-refractivity contribution in [1.29, 1.82) is 5.26 Å². The van der Waals surface area contributed by atoms with Crippen molar-refractivity contribution >= 4 is 29.0 Å². The van der Waals surface area contributed by atoms with Gasteiger partial charge in [-0.1, -0.05) is 0 Å². The number of rotatable bonds is 10. The first-order valence-corrected chi connectivity index (χ1v) is 9.94. The summed E-state index contributed by atoms with van der Waals surface area (Å²) in [4.78, 5) is 24.7. The van der Waals surface area contributed by atoms with Crippen molar-refractivity contribution in [1.82, 2.24) is 24.7 Å². The number of hydrogen-bond donors (Lipinski definition) is 3. The van der Waals surface area contributed by atoms with Gasteiger partial charge in [0.25, 0.3) is 11.9 Å². The van der Waals surface area contributed by atoms with Gasteiger partial charge < -0.3 is 21.1 Å². The molecule has 13 nitrogen and oxygen atoms in total. The first-order chi connectivity index (χ1) is 16.0. The molecule has 0 aliphatic rings. The fourth-order valence-electron chi connectivity index (χ4n) is 2.97. The van der Waals surface area contributed by atoms with E-state index in [-0.39, 0.29) is 22.9 Å². The number of ether oxygens (including phenoxy) is 1. The van der Waals surface area contributed by atoms with Gasteiger partial charge >= 0.3 is 0 Å². The Balaban J connectivity index is 2.04. The molecule has 170 valence electrons. The zero-order valence-electron chi connectivity index (χ0n) is 18.4. The van der Waals surface area contributed by atoms with Gasteiger partial charge in [0, 0.05) is 39.7 Å². The van der Waals surface area contributed by atoms with E-state index in [9.17, 15) is 10.1 Å². The second-order valence-electron chi connectivity index (χ2n) is 6.72. The van der Waals surface area contributed by atoms with Crippen LogP contribution in [0.4, 0.5) is 23.1 Å². The van der Waals surface area contributed by atoms with Gasteiger partial charge in [-0.3, -0.25) is 4.79 Å². The Morgan fingerprint density at radius 2 is 2.06 bits per heavy atom. The number of methoxy groups -OCH3 is 1. The van der Waals surface area contributed by atoms with E-state index in [1.54, 1.807) is 39.5 Å². The summed E-state index contributed by atoms with van der Waals surface area (Å²) < 4.78 is 6.41. The minimum Gasteiger partial charge on any atom is -0.385 e. The number of aromatic nitrogens is 5. The average molecular weight is 449 g/mol. The van der Waals surface area contributed by atoms with Crippen LogP contribution in [0.25, 0.3) is 5.95 Å². The molecule has 0 aromatic carbocycles. The smallest absolute Gasteiger partial charge is 0.252 e. The second kappa shape index (κ2) is 10.7. The molecule has 3 aromatic rings. The Labute approximate surface area is 189 Å². The predicted molar refractivity (Wildman–Crippen MR) is 120 cm³/mol. The summed E-state index contributed by atoms with van der Waals surface area (Å²) in [7, 11) is 3.26. The molecule has 0 unspecified atom stereocenters. The van der Waals surface area contributed by atoms with Crippen molar-refractivity contribution in [3.8, 4) is 12.0 Å². The molecule has 13 heteroatoms. The number of anilines is 2. The molecule has 33 heavy (non-hydrogen) atoms. The van der Waals surface area contributed by atoms with Gasteiger partial charge in [-0.05, 0) is 25.0 Å². The summed E-state index contributed by atoms with van der Waals surface area (Å²) in [5.41, 5.74) is 6.71. The maximum atomic E-state index is 12.1. The summed E-state index contributed by atoms with van der Waals surface area (Å²) >= 11 is 0. The fraction of sp³-hybridized carbons (Fsp3) is 0.300. The first-order valence-electron chi connectivity index (χ1n) is 9.94. The van der Waals surface area contributed by atoms with E-state index in [1.165, 1.54) is 10.9 Å². The number of carbonyl (C=O) groups excluding carboxylic acids is 1. The minimum atomic E-state index is -0.657. The van der Waals surface area contributed by atoms with E-state index in [0.29, 0.717) is 36.0 Å². The highest BCUT2D eigenvalue weighted by Gasteiger charge is 2.20. The Morgan fingerprint density at radius 3 is 2.70 bits per heavy atom. The van der Waals surface area contributed by atoms with E-state index >= 15 is 0 Å². The van der Waals surface area contributed by atoms with E-state index in [0.717, 1.165) is 6.42 Å². The third-order valence-electron chi connectivity index (χ3n) is 4.53. The van der Waals surface area contributed by atoms with Crippen molar-refractivity contribution in [3.05, 3.63) is 41.3 Å². The maximum absolute atomic E-state index is 12.1. The quantitative estimate of drug-likeness (QED) is 0.309. The van der Waals surface area contributed by atoms with Crippen LogP contribution in [0.2, 0.25) is 0 Å². The number of amides is 1. The fourth-order valence-corrected chi connectivity index (χ4v) is 2.97. The Kier molecular flexibility index (Phi) is 7.55. The van der Waals surface area contributed by atoms with Crippen molar-refractivity contribution in [2.24, 2.45) is 16.0 Å². The molecule has 1 amide bonds. The molecular formula is C20H23N11O2. The number of nitrogens with zero attached hydrogens (tertiary/aromatic N) is 8. The molecule has 4 N–H and O–H groups in total. The molecule has 0 saturated carbocycles. The molecule has 0 bridgehead atoms. The number of nitrogens with two attached hydrogens (primary N) is 1. The lowest BCUT2D eigenvalue weighted by atomic mass is 10.1. The largest absolute Gasteiger partial charge is 0.385 e. The number of hydrogen-bond acceptors (Lipinski definition) is 11. The lowest BCUT2D eigenvalue weighted by Gasteiger charge is -2.15. The molecule has 0 spiro atoms. The minimum absolute atomic E-state index is 0.0630. The zero-order valence-corrected chi connectivity index (χ0v) is 18.4. The van der Waals surface area contributed by atoms with Crippen molar-refractivity contribution in [2.75, 3.05) is 37.9 Å². The summed E-state index contributed by atoms with van der Waals surface area (Å²) in [6.07, 6.45) is 5.29. The van der Waals surface area contributed by atoms with Gasteiger partial charge in [-0.15, -0.1) is 15.3 Å². The second-order valence-corrected chi connectivity index (χ2v) is 6.72. The third-order valence-corrected chi connectivity index (χ3v) is 4.53. The molecule has 3 aromatic heterocycles. The summed E-state index contributed by atoms with van der Waals surface area (Å²) in [5, 5.41) is 28.2. The Bertz CT molecular complexity index is 1200. The summed E-state index contributed by atoms with van der Waals surface area (Å²) in [5.74, 6) is 0.397. The average Bonchev–Trinajstić information content (AvgIpc) is 3.24. The van der Waals surface area contributed by atoms with Gasteiger partial charge in [0.15, 0.2) is 5.82 Å². The van der Waals surface area contributed by atoms with Crippen LogP contribution in [0.15, 0.2) is 34.9 Å². The predicted octanol–water partition coefficient (Wildman–Crippen LogP) is 2.24. The molecule has 0 radical (unpaired) electrons. The van der Waals surface area contributed by atoms with Crippen LogP contribution in [0, 0.1) is 18.3 Å². The van der Waals surface area contributed by atoms with Crippen LogP contribution in [0.1, 0.15) is 27.9 Å². The van der Waals surface area contributed by atoms with Gasteiger partial charge in [0.2, 0.25) is 5.82 Å².